The Morgan fingerprint density at radius 3 is 2.56 bits per heavy atom. The van der Waals surface area contributed by atoms with E-state index >= 15 is 0 Å². The minimum atomic E-state index is -4.60. The Bertz CT molecular complexity index is 1390. The molecule has 0 aliphatic heterocycles. The van der Waals surface area contributed by atoms with Gasteiger partial charge in [-0.25, -0.2) is 4.98 Å². The number of ether oxygens (including phenoxy) is 1. The van der Waals surface area contributed by atoms with E-state index in [4.69, 9.17) is 16.3 Å². The van der Waals surface area contributed by atoms with Crippen LogP contribution < -0.4 is 15.5 Å². The first-order valence-electron chi connectivity index (χ1n) is 9.15. The van der Waals surface area contributed by atoms with E-state index < -0.39 is 23.1 Å². The van der Waals surface area contributed by atoms with Crippen molar-refractivity contribution in [1.82, 2.24) is 9.97 Å². The molecule has 4 aromatic rings. The molecule has 2 N–H and O–H groups in total. The van der Waals surface area contributed by atoms with Gasteiger partial charge in [0.2, 0.25) is 11.3 Å². The highest BCUT2D eigenvalue weighted by Crippen LogP contribution is 2.36. The predicted molar refractivity (Wildman–Crippen MR) is 113 cm³/mol. The molecule has 1 amide bonds. The molecular formula is C22H13ClF3N3O3. The number of para-hydroxylation sites is 3. The largest absolute Gasteiger partial charge is 0.435 e. The first-order chi connectivity index (χ1) is 15.2. The third-order valence-electron chi connectivity index (χ3n) is 4.51. The number of aromatic nitrogens is 2. The van der Waals surface area contributed by atoms with Crippen LogP contribution in [0.1, 0.15) is 15.9 Å². The van der Waals surface area contributed by atoms with Gasteiger partial charge in [0, 0.05) is 23.3 Å². The molecule has 0 atom stereocenters. The van der Waals surface area contributed by atoms with Crippen molar-refractivity contribution in [3.63, 3.8) is 0 Å². The summed E-state index contributed by atoms with van der Waals surface area (Å²) in [5.41, 5.74) is -0.845. The molecule has 6 nitrogen and oxygen atoms in total. The monoisotopic (exact) mass is 459 g/mol. The fourth-order valence-corrected chi connectivity index (χ4v) is 3.15. The summed E-state index contributed by atoms with van der Waals surface area (Å²) in [5.74, 6) is -0.892. The molecule has 0 aliphatic rings. The smallest absolute Gasteiger partial charge is 0.417 e. The van der Waals surface area contributed by atoms with Crippen molar-refractivity contribution >= 4 is 34.1 Å². The van der Waals surface area contributed by atoms with Crippen molar-refractivity contribution in [2.45, 2.75) is 6.18 Å². The lowest BCUT2D eigenvalue weighted by molar-refractivity contribution is -0.137. The number of amides is 1. The molecule has 0 saturated heterocycles. The van der Waals surface area contributed by atoms with Crippen molar-refractivity contribution in [2.75, 3.05) is 5.32 Å². The number of rotatable bonds is 4. The third-order valence-corrected chi connectivity index (χ3v) is 4.78. The second kappa shape index (κ2) is 8.35. The number of nitrogens with one attached hydrogen (secondary N) is 2. The Hall–Kier alpha value is -3.85. The van der Waals surface area contributed by atoms with Gasteiger partial charge in [0.05, 0.1) is 11.3 Å². The normalized spacial score (nSPS) is 11.4. The van der Waals surface area contributed by atoms with Crippen molar-refractivity contribution < 1.29 is 22.7 Å². The number of carbonyl (C=O) groups is 1. The molecule has 0 bridgehead atoms. The van der Waals surface area contributed by atoms with Crippen molar-refractivity contribution in [3.05, 3.63) is 93.4 Å². The SMILES string of the molecule is O=C(Nc1ccccc1Oc1ncc(C(F)(F)F)cc1Cl)c1c[nH]c2ccccc2c1=O. The van der Waals surface area contributed by atoms with Crippen molar-refractivity contribution in [3.8, 4) is 11.6 Å². The van der Waals surface area contributed by atoms with Gasteiger partial charge in [-0.2, -0.15) is 13.2 Å². The summed E-state index contributed by atoms with van der Waals surface area (Å²) in [5, 5.41) is 2.57. The second-order valence-electron chi connectivity index (χ2n) is 6.64. The van der Waals surface area contributed by atoms with Crippen LogP contribution in [-0.2, 0) is 6.18 Å². The first-order valence-corrected chi connectivity index (χ1v) is 9.53. The van der Waals surface area contributed by atoms with E-state index in [1.807, 2.05) is 0 Å². The molecule has 32 heavy (non-hydrogen) atoms. The maximum Gasteiger partial charge on any atom is 0.417 e. The first kappa shape index (κ1) is 21.4. The maximum absolute atomic E-state index is 12.8. The van der Waals surface area contributed by atoms with E-state index in [0.29, 0.717) is 23.2 Å². The molecule has 2 heterocycles. The molecule has 10 heteroatoms. The predicted octanol–water partition coefficient (Wildman–Crippen LogP) is 5.64. The topological polar surface area (TPSA) is 84.1 Å². The number of H-pyrrole nitrogens is 1. The zero-order valence-corrected chi connectivity index (χ0v) is 16.8. The Balaban J connectivity index is 1.62. The standard InChI is InChI=1S/C22H13ClF3N3O3/c23-15-9-12(22(24,25)26)10-28-21(15)32-18-8-4-3-7-17(18)29-20(31)14-11-27-16-6-2-1-5-13(16)19(14)30/h1-11H,(H,27,30)(H,29,31). The van der Waals surface area contributed by atoms with Crippen molar-refractivity contribution in [2.24, 2.45) is 0 Å². The number of carbonyl (C=O) groups excluding carboxylic acids is 1. The van der Waals surface area contributed by atoms with E-state index in [1.165, 1.54) is 18.3 Å². The number of alkyl halides is 3. The molecule has 2 aromatic carbocycles. The number of aromatic amines is 1. The summed E-state index contributed by atoms with van der Waals surface area (Å²) < 4.78 is 44.0. The number of halogens is 4. The van der Waals surface area contributed by atoms with E-state index in [1.54, 1.807) is 36.4 Å². The molecule has 0 unspecified atom stereocenters. The summed E-state index contributed by atoms with van der Waals surface area (Å²) in [6.45, 7) is 0. The van der Waals surface area contributed by atoms with Gasteiger partial charge >= 0.3 is 6.18 Å². The van der Waals surface area contributed by atoms with Crippen LogP contribution in [0.2, 0.25) is 5.02 Å². The molecule has 4 rings (SSSR count). The van der Waals surface area contributed by atoms with Crippen LogP contribution in [0.5, 0.6) is 11.6 Å². The van der Waals surface area contributed by atoms with Gasteiger partial charge in [-0.05, 0) is 30.3 Å². The van der Waals surface area contributed by atoms with Crippen LogP contribution in [0.15, 0.2) is 71.8 Å². The van der Waals surface area contributed by atoms with Crippen LogP contribution >= 0.6 is 11.6 Å². The minimum Gasteiger partial charge on any atom is -0.435 e. The van der Waals surface area contributed by atoms with Crippen LogP contribution in [0.3, 0.4) is 0 Å². The lowest BCUT2D eigenvalue weighted by atomic mass is 10.1. The molecule has 2 aromatic heterocycles. The number of fused-ring (bicyclic) bond motifs is 1. The molecule has 162 valence electrons. The summed E-state index contributed by atoms with van der Waals surface area (Å²) in [6.07, 6.45) is -2.71. The Morgan fingerprint density at radius 2 is 1.81 bits per heavy atom. The molecular weight excluding hydrogens is 447 g/mol. The highest BCUT2D eigenvalue weighted by atomic mass is 35.5. The van der Waals surface area contributed by atoms with E-state index in [2.05, 4.69) is 15.3 Å². The van der Waals surface area contributed by atoms with E-state index in [0.717, 1.165) is 0 Å². The van der Waals surface area contributed by atoms with Crippen LogP contribution in [0.4, 0.5) is 18.9 Å². The van der Waals surface area contributed by atoms with Gasteiger partial charge in [-0.3, -0.25) is 9.59 Å². The number of anilines is 1. The zero-order valence-electron chi connectivity index (χ0n) is 16.0. The second-order valence-corrected chi connectivity index (χ2v) is 7.05. The lowest BCUT2D eigenvalue weighted by Crippen LogP contribution is -2.22. The summed E-state index contributed by atoms with van der Waals surface area (Å²) >= 11 is 5.90. The summed E-state index contributed by atoms with van der Waals surface area (Å²) in [4.78, 5) is 31.9. The fourth-order valence-electron chi connectivity index (χ4n) is 2.94. The minimum absolute atomic E-state index is 0.0761. The van der Waals surface area contributed by atoms with Crippen LogP contribution in [0.25, 0.3) is 10.9 Å². The number of benzene rings is 2. The molecule has 0 aliphatic carbocycles. The Kier molecular flexibility index (Phi) is 5.58. The van der Waals surface area contributed by atoms with E-state index in [-0.39, 0.29) is 27.9 Å². The summed E-state index contributed by atoms with van der Waals surface area (Å²) in [6, 6.07) is 13.6. The fraction of sp³-hybridized carbons (Fsp3) is 0.0455. The van der Waals surface area contributed by atoms with Crippen molar-refractivity contribution in [1.29, 1.82) is 0 Å². The van der Waals surface area contributed by atoms with E-state index in [9.17, 15) is 22.8 Å². The van der Waals surface area contributed by atoms with Gasteiger partial charge in [-0.15, -0.1) is 0 Å². The number of hydrogen-bond acceptors (Lipinski definition) is 4. The third kappa shape index (κ3) is 4.28. The molecule has 0 radical (unpaired) electrons. The quantitative estimate of drug-likeness (QED) is 0.413. The highest BCUT2D eigenvalue weighted by molar-refractivity contribution is 6.31. The average Bonchev–Trinajstić information content (AvgIpc) is 2.76. The van der Waals surface area contributed by atoms with Gasteiger partial charge in [0.1, 0.15) is 10.6 Å². The van der Waals surface area contributed by atoms with Gasteiger partial charge in [0.25, 0.3) is 5.91 Å². The molecule has 0 fully saturated rings. The van der Waals surface area contributed by atoms with Gasteiger partial charge in [0.15, 0.2) is 5.75 Å². The number of nitrogens with zero attached hydrogens (tertiary/aromatic N) is 1. The van der Waals surface area contributed by atoms with Gasteiger partial charge < -0.3 is 15.0 Å². The number of hydrogen-bond donors (Lipinski definition) is 2. The summed E-state index contributed by atoms with van der Waals surface area (Å²) in [7, 11) is 0. The molecule has 0 saturated carbocycles. The Labute approximate surface area is 183 Å². The average molecular weight is 460 g/mol. The number of pyridine rings is 2. The van der Waals surface area contributed by atoms with Crippen LogP contribution in [-0.4, -0.2) is 15.9 Å². The molecule has 0 spiro atoms. The van der Waals surface area contributed by atoms with Gasteiger partial charge in [-0.1, -0.05) is 35.9 Å². The lowest BCUT2D eigenvalue weighted by Gasteiger charge is -2.13. The highest BCUT2D eigenvalue weighted by Gasteiger charge is 2.32. The Morgan fingerprint density at radius 1 is 1.09 bits per heavy atom. The zero-order chi connectivity index (χ0) is 22.9. The van der Waals surface area contributed by atoms with Crippen LogP contribution in [0, 0.1) is 0 Å². The maximum atomic E-state index is 12.8.